The number of amidine groups is 2. The van der Waals surface area contributed by atoms with E-state index in [0.717, 1.165) is 17.0 Å². The zero-order valence-electron chi connectivity index (χ0n) is 20.1. The maximum atomic E-state index is 11.3. The van der Waals surface area contributed by atoms with Crippen molar-refractivity contribution in [1.82, 2.24) is 9.55 Å². The fourth-order valence-electron chi connectivity index (χ4n) is 3.32. The van der Waals surface area contributed by atoms with Crippen molar-refractivity contribution < 1.29 is 14.6 Å². The first-order valence-corrected chi connectivity index (χ1v) is 11.0. The van der Waals surface area contributed by atoms with Gasteiger partial charge in [0.25, 0.3) is 0 Å². The molecule has 0 fully saturated rings. The molecule has 2 heterocycles. The number of aliphatic carboxylic acids is 1. The summed E-state index contributed by atoms with van der Waals surface area (Å²) in [5.74, 6) is 0.722. The molecule has 0 amide bonds. The number of fused-ring (bicyclic) bond motifs is 3. The van der Waals surface area contributed by atoms with Crippen molar-refractivity contribution in [2.24, 2.45) is 20.7 Å². The van der Waals surface area contributed by atoms with Gasteiger partial charge in [0.1, 0.15) is 23.9 Å². The third-order valence-electron chi connectivity index (χ3n) is 5.15. The largest absolute Gasteiger partial charge is 0.491 e. The molecular weight excluding hydrogens is 434 g/mol. The Labute approximate surface area is 198 Å². The number of benzene rings is 1. The molecular formula is C24H31N7O3. The van der Waals surface area contributed by atoms with E-state index in [9.17, 15) is 9.90 Å². The van der Waals surface area contributed by atoms with Gasteiger partial charge >= 0.3 is 5.97 Å². The van der Waals surface area contributed by atoms with E-state index in [0.29, 0.717) is 36.3 Å². The van der Waals surface area contributed by atoms with Crippen LogP contribution in [0.15, 0.2) is 39.4 Å². The molecule has 1 aromatic carbocycles. The van der Waals surface area contributed by atoms with Crippen LogP contribution in [0, 0.1) is 5.41 Å². The van der Waals surface area contributed by atoms with Gasteiger partial charge in [0.15, 0.2) is 11.4 Å². The maximum absolute atomic E-state index is 11.3. The molecule has 1 aliphatic rings. The lowest BCUT2D eigenvalue weighted by Crippen LogP contribution is -2.29. The van der Waals surface area contributed by atoms with E-state index < -0.39 is 17.4 Å². The molecule has 10 nitrogen and oxygen atoms in total. The van der Waals surface area contributed by atoms with Crippen LogP contribution in [0.3, 0.4) is 0 Å². The van der Waals surface area contributed by atoms with Gasteiger partial charge in [-0.25, -0.2) is 14.8 Å². The van der Waals surface area contributed by atoms with Crippen LogP contribution in [0.5, 0.6) is 5.75 Å². The maximum Gasteiger partial charge on any atom is 0.330 e. The number of carbonyl (C=O) groups is 1. The fourth-order valence-corrected chi connectivity index (χ4v) is 3.32. The van der Waals surface area contributed by atoms with E-state index in [2.05, 4.69) is 15.0 Å². The predicted octanol–water partition coefficient (Wildman–Crippen LogP) is 3.14. The Morgan fingerprint density at radius 3 is 2.74 bits per heavy atom. The zero-order chi connectivity index (χ0) is 25.0. The summed E-state index contributed by atoms with van der Waals surface area (Å²) in [7, 11) is 0. The Kier molecular flexibility index (Phi) is 7.29. The molecule has 1 unspecified atom stereocenters. The monoisotopic (exact) mass is 465 g/mol. The molecule has 10 heteroatoms. The summed E-state index contributed by atoms with van der Waals surface area (Å²) in [6.07, 6.45) is 4.61. The van der Waals surface area contributed by atoms with Crippen molar-refractivity contribution in [3.63, 3.8) is 0 Å². The van der Waals surface area contributed by atoms with E-state index in [1.807, 2.05) is 42.8 Å². The van der Waals surface area contributed by atoms with Gasteiger partial charge < -0.3 is 25.6 Å². The number of nitrogens with zero attached hydrogens (tertiary/aromatic N) is 5. The minimum Gasteiger partial charge on any atom is -0.491 e. The standard InChI is InChI=1S/C24H31N7O3/c1-14(2)28-21(29-15(3)26)19-13-31-8-9-34-20-10-16(6-7-18(20)22(31)30-19)17(11-25)12-27-24(4,5)23(32)33/h6-7,10-14,17,25H,8-9H2,1-5H3,(H,32,33)(H2,26,28,29). The Hall–Kier alpha value is -3.82. The third kappa shape index (κ3) is 5.56. The van der Waals surface area contributed by atoms with Crippen LogP contribution < -0.4 is 10.5 Å². The highest BCUT2D eigenvalue weighted by atomic mass is 16.5. The fraction of sp³-hybridized carbons (Fsp3) is 0.417. The molecule has 180 valence electrons. The van der Waals surface area contributed by atoms with E-state index in [1.165, 1.54) is 26.3 Å². The smallest absolute Gasteiger partial charge is 0.330 e. The highest BCUT2D eigenvalue weighted by Gasteiger charge is 2.26. The number of aliphatic imine (C=N–C) groups is 3. The van der Waals surface area contributed by atoms with E-state index in [1.54, 1.807) is 6.92 Å². The van der Waals surface area contributed by atoms with Crippen LogP contribution in [-0.2, 0) is 11.3 Å². The molecule has 0 saturated heterocycles. The topological polar surface area (TPSA) is 151 Å². The van der Waals surface area contributed by atoms with Crippen molar-refractivity contribution in [2.75, 3.05) is 6.61 Å². The first-order valence-electron chi connectivity index (χ1n) is 11.0. The molecule has 0 saturated carbocycles. The Bertz CT molecular complexity index is 1170. The van der Waals surface area contributed by atoms with Crippen LogP contribution in [0.25, 0.3) is 11.4 Å². The number of aromatic nitrogens is 2. The molecule has 1 aromatic heterocycles. The molecule has 2 aromatic rings. The van der Waals surface area contributed by atoms with Crippen molar-refractivity contribution in [3.05, 3.63) is 35.7 Å². The van der Waals surface area contributed by atoms with Gasteiger partial charge in [-0.3, -0.25) is 9.98 Å². The molecule has 0 radical (unpaired) electrons. The van der Waals surface area contributed by atoms with Crippen LogP contribution in [0.1, 0.15) is 51.8 Å². The van der Waals surface area contributed by atoms with E-state index >= 15 is 0 Å². The average molecular weight is 466 g/mol. The summed E-state index contributed by atoms with van der Waals surface area (Å²) < 4.78 is 7.99. The minimum absolute atomic E-state index is 0.0311. The highest BCUT2D eigenvalue weighted by molar-refractivity contribution is 6.05. The summed E-state index contributed by atoms with van der Waals surface area (Å²) in [4.78, 5) is 29.3. The molecule has 0 aliphatic carbocycles. The number of hydrogen-bond donors (Lipinski definition) is 3. The third-order valence-corrected chi connectivity index (χ3v) is 5.15. The van der Waals surface area contributed by atoms with E-state index in [-0.39, 0.29) is 6.04 Å². The normalized spacial score (nSPS) is 15.5. The molecule has 34 heavy (non-hydrogen) atoms. The lowest BCUT2D eigenvalue weighted by atomic mass is 9.98. The highest BCUT2D eigenvalue weighted by Crippen LogP contribution is 2.34. The van der Waals surface area contributed by atoms with Crippen molar-refractivity contribution in [3.8, 4) is 17.1 Å². The summed E-state index contributed by atoms with van der Waals surface area (Å²) >= 11 is 0. The second-order valence-electron chi connectivity index (χ2n) is 8.88. The number of carboxylic acid groups (broad SMARTS) is 1. The van der Waals surface area contributed by atoms with Crippen LogP contribution in [-0.4, -0.2) is 62.9 Å². The van der Waals surface area contributed by atoms with E-state index in [4.69, 9.17) is 20.9 Å². The summed E-state index contributed by atoms with van der Waals surface area (Å²) in [6, 6.07) is 5.64. The van der Waals surface area contributed by atoms with Gasteiger partial charge in [-0.15, -0.1) is 0 Å². The number of carboxylic acids is 1. The summed E-state index contributed by atoms with van der Waals surface area (Å²) in [5.41, 5.74) is 6.74. The van der Waals surface area contributed by atoms with Gasteiger partial charge in [-0.2, -0.15) is 0 Å². The summed E-state index contributed by atoms with van der Waals surface area (Å²) in [6.45, 7) is 9.69. The van der Waals surface area contributed by atoms with Gasteiger partial charge in [0.2, 0.25) is 0 Å². The Balaban J connectivity index is 2.01. The first-order chi connectivity index (χ1) is 16.0. The van der Waals surface area contributed by atoms with Crippen LogP contribution in [0.4, 0.5) is 0 Å². The lowest BCUT2D eigenvalue weighted by molar-refractivity contribution is -0.141. The average Bonchev–Trinajstić information content (AvgIpc) is 3.09. The Morgan fingerprint density at radius 1 is 1.38 bits per heavy atom. The van der Waals surface area contributed by atoms with Gasteiger partial charge in [-0.05, 0) is 52.3 Å². The minimum atomic E-state index is -1.27. The number of hydrogen-bond acceptors (Lipinski definition) is 6. The van der Waals surface area contributed by atoms with Crippen molar-refractivity contribution in [1.29, 1.82) is 5.41 Å². The number of imidazole rings is 1. The number of ether oxygens (including phenoxy) is 1. The molecule has 3 rings (SSSR count). The number of rotatable bonds is 7. The second-order valence-corrected chi connectivity index (χ2v) is 8.88. The summed E-state index contributed by atoms with van der Waals surface area (Å²) in [5, 5.41) is 17.1. The van der Waals surface area contributed by atoms with Gasteiger partial charge in [0, 0.05) is 24.7 Å². The molecule has 0 spiro atoms. The Morgan fingerprint density at radius 2 is 2.12 bits per heavy atom. The first kappa shape index (κ1) is 24.8. The second kappa shape index (κ2) is 9.98. The SMILES string of the molecule is CC(N)=NC(=NC(C)C)c1cn2c(n1)-c1ccc(C(C=N)C=NC(C)(C)C(=O)O)cc1OCC2. The van der Waals surface area contributed by atoms with Crippen molar-refractivity contribution >= 4 is 30.1 Å². The zero-order valence-corrected chi connectivity index (χ0v) is 20.1. The molecule has 0 bridgehead atoms. The molecule has 4 N–H and O–H groups in total. The number of nitrogens with one attached hydrogen (secondary N) is 1. The van der Waals surface area contributed by atoms with Crippen LogP contribution in [0.2, 0.25) is 0 Å². The molecule has 1 atom stereocenters. The van der Waals surface area contributed by atoms with Gasteiger partial charge in [-0.1, -0.05) is 6.07 Å². The number of nitrogens with two attached hydrogens (primary N) is 1. The van der Waals surface area contributed by atoms with Gasteiger partial charge in [0.05, 0.1) is 23.9 Å². The molecule has 1 aliphatic heterocycles. The van der Waals surface area contributed by atoms with Crippen molar-refractivity contribution in [2.45, 2.75) is 58.7 Å². The predicted molar refractivity (Wildman–Crippen MR) is 134 cm³/mol. The van der Waals surface area contributed by atoms with Crippen LogP contribution >= 0.6 is 0 Å². The quantitative estimate of drug-likeness (QED) is 0.424. The lowest BCUT2D eigenvalue weighted by Gasteiger charge is -2.15.